The standard InChI is InChI=1S/C16H28N4O3S.HI/c1-4-12(5-2)15-9-14(23-20-15)10-18-16(17-6-3)19-13-7-8-24(21,22)11-13;/h9,12-13H,4-8,10-11H2,1-3H3,(H2,17,18,19);1H. The zero-order valence-electron chi connectivity index (χ0n) is 15.1. The maximum absolute atomic E-state index is 11.6. The van der Waals surface area contributed by atoms with E-state index in [0.29, 0.717) is 37.1 Å². The van der Waals surface area contributed by atoms with Crippen molar-refractivity contribution < 1.29 is 12.9 Å². The van der Waals surface area contributed by atoms with Crippen molar-refractivity contribution >= 4 is 39.8 Å². The summed E-state index contributed by atoms with van der Waals surface area (Å²) in [4.78, 5) is 4.49. The van der Waals surface area contributed by atoms with Crippen molar-refractivity contribution in [3.05, 3.63) is 17.5 Å². The average Bonchev–Trinajstić information content (AvgIpc) is 3.13. The van der Waals surface area contributed by atoms with Gasteiger partial charge in [0.05, 0.1) is 17.2 Å². The molecule has 1 aromatic rings. The fraction of sp³-hybridized carbons (Fsp3) is 0.750. The average molecular weight is 484 g/mol. The van der Waals surface area contributed by atoms with E-state index in [4.69, 9.17) is 4.52 Å². The van der Waals surface area contributed by atoms with E-state index in [1.165, 1.54) is 0 Å². The quantitative estimate of drug-likeness (QED) is 0.351. The number of hydrogen-bond donors (Lipinski definition) is 2. The lowest BCUT2D eigenvalue weighted by atomic mass is 9.99. The highest BCUT2D eigenvalue weighted by Crippen LogP contribution is 2.22. The Morgan fingerprint density at radius 1 is 1.40 bits per heavy atom. The van der Waals surface area contributed by atoms with Gasteiger partial charge in [0.2, 0.25) is 0 Å². The van der Waals surface area contributed by atoms with Crippen LogP contribution in [0.25, 0.3) is 0 Å². The van der Waals surface area contributed by atoms with Crippen LogP contribution < -0.4 is 10.6 Å². The molecule has 1 aliphatic rings. The Hall–Kier alpha value is -0.840. The van der Waals surface area contributed by atoms with Crippen LogP contribution >= 0.6 is 24.0 Å². The molecule has 9 heteroatoms. The van der Waals surface area contributed by atoms with Crippen molar-refractivity contribution in [3.8, 4) is 0 Å². The van der Waals surface area contributed by atoms with Gasteiger partial charge in [0.15, 0.2) is 21.6 Å². The fourth-order valence-corrected chi connectivity index (χ4v) is 4.56. The number of nitrogens with zero attached hydrogens (tertiary/aromatic N) is 2. The number of aromatic nitrogens is 1. The fourth-order valence-electron chi connectivity index (χ4n) is 2.88. The zero-order valence-corrected chi connectivity index (χ0v) is 18.3. The van der Waals surface area contributed by atoms with E-state index in [2.05, 4.69) is 34.6 Å². The molecule has 0 bridgehead atoms. The Balaban J connectivity index is 0.00000312. The Morgan fingerprint density at radius 2 is 2.12 bits per heavy atom. The molecule has 2 heterocycles. The normalized spacial score (nSPS) is 19.7. The van der Waals surface area contributed by atoms with Crippen LogP contribution in [0, 0.1) is 0 Å². The second kappa shape index (κ2) is 10.3. The van der Waals surface area contributed by atoms with Gasteiger partial charge in [-0.05, 0) is 26.2 Å². The first-order valence-corrected chi connectivity index (χ1v) is 10.5. The minimum Gasteiger partial charge on any atom is -0.359 e. The van der Waals surface area contributed by atoms with E-state index in [-0.39, 0.29) is 41.5 Å². The van der Waals surface area contributed by atoms with E-state index >= 15 is 0 Å². The number of hydrogen-bond acceptors (Lipinski definition) is 5. The molecule has 0 radical (unpaired) electrons. The molecular weight excluding hydrogens is 455 g/mol. The highest BCUT2D eigenvalue weighted by atomic mass is 127. The van der Waals surface area contributed by atoms with Gasteiger partial charge < -0.3 is 15.2 Å². The molecule has 1 saturated heterocycles. The van der Waals surface area contributed by atoms with Crippen LogP contribution in [0.1, 0.15) is 57.4 Å². The van der Waals surface area contributed by atoms with E-state index in [1.807, 2.05) is 13.0 Å². The Kier molecular flexibility index (Phi) is 9.19. The van der Waals surface area contributed by atoms with Gasteiger partial charge >= 0.3 is 0 Å². The number of nitrogens with one attached hydrogen (secondary N) is 2. The van der Waals surface area contributed by atoms with E-state index in [1.54, 1.807) is 0 Å². The SMILES string of the molecule is CCNC(=NCc1cc(C(CC)CC)no1)NC1CCS(=O)(=O)C1.I. The molecule has 2 N–H and O–H groups in total. The molecule has 0 spiro atoms. The number of guanidine groups is 1. The van der Waals surface area contributed by atoms with Crippen LogP contribution in [-0.4, -0.2) is 43.6 Å². The smallest absolute Gasteiger partial charge is 0.191 e. The number of rotatable bonds is 7. The van der Waals surface area contributed by atoms with Crippen molar-refractivity contribution in [1.82, 2.24) is 15.8 Å². The number of sulfone groups is 1. The molecule has 0 aromatic carbocycles. The van der Waals surface area contributed by atoms with Gasteiger partial charge in [-0.25, -0.2) is 13.4 Å². The topological polar surface area (TPSA) is 96.6 Å². The third-order valence-corrected chi connectivity index (χ3v) is 6.06. The Morgan fingerprint density at radius 3 is 2.68 bits per heavy atom. The van der Waals surface area contributed by atoms with Crippen LogP contribution in [0.3, 0.4) is 0 Å². The summed E-state index contributed by atoms with van der Waals surface area (Å²) in [6.45, 7) is 7.35. The molecule has 2 rings (SSSR count). The lowest BCUT2D eigenvalue weighted by Gasteiger charge is -2.15. The second-order valence-electron chi connectivity index (χ2n) is 6.17. The molecule has 1 fully saturated rings. The molecule has 0 saturated carbocycles. The van der Waals surface area contributed by atoms with Crippen LogP contribution in [0.5, 0.6) is 0 Å². The summed E-state index contributed by atoms with van der Waals surface area (Å²) in [6.07, 6.45) is 2.69. The van der Waals surface area contributed by atoms with Crippen LogP contribution in [0.4, 0.5) is 0 Å². The second-order valence-corrected chi connectivity index (χ2v) is 8.40. The molecule has 0 aliphatic carbocycles. The van der Waals surface area contributed by atoms with Crippen molar-refractivity contribution in [2.75, 3.05) is 18.1 Å². The summed E-state index contributed by atoms with van der Waals surface area (Å²) in [5.74, 6) is 2.15. The lowest BCUT2D eigenvalue weighted by Crippen LogP contribution is -2.44. The molecule has 0 amide bonds. The first kappa shape index (κ1) is 22.2. The Bertz CT molecular complexity index is 656. The van der Waals surface area contributed by atoms with Crippen LogP contribution in [-0.2, 0) is 16.4 Å². The number of halogens is 1. The van der Waals surface area contributed by atoms with Crippen molar-refractivity contribution in [3.63, 3.8) is 0 Å². The minimum absolute atomic E-state index is 0. The molecule has 25 heavy (non-hydrogen) atoms. The molecule has 144 valence electrons. The largest absolute Gasteiger partial charge is 0.359 e. The van der Waals surface area contributed by atoms with E-state index < -0.39 is 9.84 Å². The lowest BCUT2D eigenvalue weighted by molar-refractivity contribution is 0.372. The zero-order chi connectivity index (χ0) is 17.6. The maximum Gasteiger partial charge on any atom is 0.191 e. The summed E-state index contributed by atoms with van der Waals surface area (Å²) >= 11 is 0. The van der Waals surface area contributed by atoms with Gasteiger partial charge in [0, 0.05) is 24.6 Å². The van der Waals surface area contributed by atoms with Gasteiger partial charge in [0.1, 0.15) is 6.54 Å². The molecular formula is C16H29IN4O3S. The van der Waals surface area contributed by atoms with Gasteiger partial charge in [0.25, 0.3) is 0 Å². The van der Waals surface area contributed by atoms with Gasteiger partial charge in [-0.2, -0.15) is 0 Å². The summed E-state index contributed by atoms with van der Waals surface area (Å²) in [5, 5.41) is 10.5. The highest BCUT2D eigenvalue weighted by molar-refractivity contribution is 14.0. The van der Waals surface area contributed by atoms with Crippen molar-refractivity contribution in [2.24, 2.45) is 4.99 Å². The predicted octanol–water partition coefficient (Wildman–Crippen LogP) is 2.44. The molecule has 1 atom stereocenters. The summed E-state index contributed by atoms with van der Waals surface area (Å²) in [5.41, 5.74) is 0.977. The van der Waals surface area contributed by atoms with E-state index in [0.717, 1.165) is 18.5 Å². The maximum atomic E-state index is 11.6. The van der Waals surface area contributed by atoms with Gasteiger partial charge in [-0.15, -0.1) is 24.0 Å². The number of aliphatic imine (C=N–C) groups is 1. The predicted molar refractivity (Wildman–Crippen MR) is 110 cm³/mol. The molecule has 1 aromatic heterocycles. The first-order valence-electron chi connectivity index (χ1n) is 8.68. The van der Waals surface area contributed by atoms with Crippen LogP contribution in [0.15, 0.2) is 15.6 Å². The van der Waals surface area contributed by atoms with Crippen molar-refractivity contribution in [2.45, 2.75) is 58.5 Å². The van der Waals surface area contributed by atoms with Crippen molar-refractivity contribution in [1.29, 1.82) is 0 Å². The van der Waals surface area contributed by atoms with Gasteiger partial charge in [-0.3, -0.25) is 0 Å². The minimum atomic E-state index is -2.91. The van der Waals surface area contributed by atoms with Gasteiger partial charge in [-0.1, -0.05) is 19.0 Å². The third-order valence-electron chi connectivity index (χ3n) is 4.29. The summed E-state index contributed by atoms with van der Waals surface area (Å²) in [6, 6.07) is 1.88. The summed E-state index contributed by atoms with van der Waals surface area (Å²) < 4.78 is 28.5. The molecule has 7 nitrogen and oxygen atoms in total. The highest BCUT2D eigenvalue weighted by Gasteiger charge is 2.28. The van der Waals surface area contributed by atoms with E-state index in [9.17, 15) is 8.42 Å². The summed E-state index contributed by atoms with van der Waals surface area (Å²) in [7, 11) is -2.91. The molecule has 1 unspecified atom stereocenters. The first-order chi connectivity index (χ1) is 11.5. The van der Waals surface area contributed by atoms with Crippen LogP contribution in [0.2, 0.25) is 0 Å². The monoisotopic (exact) mass is 484 g/mol. The molecule has 1 aliphatic heterocycles. The Labute approximate surface area is 167 Å². The third kappa shape index (κ3) is 6.76.